The summed E-state index contributed by atoms with van der Waals surface area (Å²) in [5.74, 6) is 1.64. The summed E-state index contributed by atoms with van der Waals surface area (Å²) in [7, 11) is 2.06. The average molecular weight is 253 g/mol. The maximum atomic E-state index is 9.85. The lowest BCUT2D eigenvalue weighted by Crippen LogP contribution is -2.36. The smallest absolute Gasteiger partial charge is 0.129 e. The lowest BCUT2D eigenvalue weighted by molar-refractivity contribution is 0.00531. The number of furan rings is 1. The first-order valence-electron chi connectivity index (χ1n) is 6.71. The first-order chi connectivity index (χ1) is 8.74. The fourth-order valence-corrected chi connectivity index (χ4v) is 2.29. The van der Waals surface area contributed by atoms with Crippen LogP contribution < -0.4 is 0 Å². The van der Waals surface area contributed by atoms with E-state index in [1.165, 1.54) is 19.3 Å². The molecular weight excluding hydrogens is 230 g/mol. The van der Waals surface area contributed by atoms with Gasteiger partial charge in [-0.2, -0.15) is 0 Å². The molecule has 4 nitrogen and oxygen atoms in total. The third-order valence-corrected chi connectivity index (χ3v) is 3.45. The van der Waals surface area contributed by atoms with Crippen LogP contribution in [0.5, 0.6) is 0 Å². The molecule has 1 aromatic heterocycles. The number of rotatable bonds is 8. The number of hydrogen-bond donors (Lipinski definition) is 1. The number of aliphatic hydroxyl groups is 1. The molecule has 1 aliphatic carbocycles. The molecule has 1 saturated carbocycles. The maximum Gasteiger partial charge on any atom is 0.129 e. The first kappa shape index (κ1) is 13.6. The van der Waals surface area contributed by atoms with Gasteiger partial charge in [-0.15, -0.1) is 0 Å². The molecule has 0 spiro atoms. The fraction of sp³-hybridized carbons (Fsp3) is 0.714. The highest BCUT2D eigenvalue weighted by atomic mass is 16.5. The van der Waals surface area contributed by atoms with Gasteiger partial charge in [0.1, 0.15) is 12.4 Å². The molecule has 0 amide bonds. The van der Waals surface area contributed by atoms with Crippen molar-refractivity contribution in [3.8, 4) is 0 Å². The lowest BCUT2D eigenvalue weighted by atomic mass is 9.85. The van der Waals surface area contributed by atoms with Crippen LogP contribution in [0.4, 0.5) is 0 Å². The van der Waals surface area contributed by atoms with Gasteiger partial charge in [-0.3, -0.25) is 0 Å². The molecule has 0 radical (unpaired) electrons. The number of ether oxygens (including phenoxy) is 1. The quantitative estimate of drug-likeness (QED) is 0.768. The minimum absolute atomic E-state index is 0.357. The third kappa shape index (κ3) is 4.44. The molecule has 0 aliphatic heterocycles. The molecule has 1 fully saturated rings. The third-order valence-electron chi connectivity index (χ3n) is 3.45. The zero-order chi connectivity index (χ0) is 12.8. The number of aliphatic hydroxyl groups excluding tert-OH is 1. The second kappa shape index (κ2) is 6.92. The summed E-state index contributed by atoms with van der Waals surface area (Å²) in [4.78, 5) is 2.20. The molecule has 1 unspecified atom stereocenters. The number of nitrogens with zero attached hydrogens (tertiary/aromatic N) is 1. The van der Waals surface area contributed by atoms with Crippen molar-refractivity contribution < 1.29 is 14.3 Å². The normalized spacial score (nSPS) is 17.9. The molecule has 1 N–H and O–H groups in total. The van der Waals surface area contributed by atoms with Crippen molar-refractivity contribution in [3.63, 3.8) is 0 Å². The molecule has 2 rings (SSSR count). The highest BCUT2D eigenvalue weighted by Gasteiger charge is 2.20. The van der Waals surface area contributed by atoms with Crippen LogP contribution in [-0.4, -0.2) is 42.9 Å². The van der Waals surface area contributed by atoms with Gasteiger partial charge in [-0.25, -0.2) is 0 Å². The van der Waals surface area contributed by atoms with E-state index in [1.54, 1.807) is 6.26 Å². The van der Waals surface area contributed by atoms with Gasteiger partial charge in [0.15, 0.2) is 0 Å². The minimum Gasteiger partial charge on any atom is -0.467 e. The van der Waals surface area contributed by atoms with Crippen LogP contribution in [0.2, 0.25) is 0 Å². The molecular formula is C14H23NO3. The zero-order valence-corrected chi connectivity index (χ0v) is 11.0. The van der Waals surface area contributed by atoms with Crippen molar-refractivity contribution >= 4 is 0 Å². The Morgan fingerprint density at radius 2 is 2.39 bits per heavy atom. The van der Waals surface area contributed by atoms with E-state index in [0.717, 1.165) is 18.2 Å². The molecule has 102 valence electrons. The minimum atomic E-state index is -0.426. The Balaban J connectivity index is 1.54. The van der Waals surface area contributed by atoms with E-state index in [4.69, 9.17) is 9.15 Å². The summed E-state index contributed by atoms with van der Waals surface area (Å²) in [5, 5.41) is 9.85. The molecule has 18 heavy (non-hydrogen) atoms. The van der Waals surface area contributed by atoms with E-state index in [0.29, 0.717) is 19.8 Å². The van der Waals surface area contributed by atoms with E-state index in [-0.39, 0.29) is 0 Å². The summed E-state index contributed by atoms with van der Waals surface area (Å²) in [6, 6.07) is 3.70. The summed E-state index contributed by atoms with van der Waals surface area (Å²) >= 11 is 0. The molecule has 1 aromatic rings. The van der Waals surface area contributed by atoms with Crippen molar-refractivity contribution in [2.24, 2.45) is 5.92 Å². The van der Waals surface area contributed by atoms with E-state index < -0.39 is 6.10 Å². The summed E-state index contributed by atoms with van der Waals surface area (Å²) in [5.41, 5.74) is 0. The molecule has 4 heteroatoms. The van der Waals surface area contributed by atoms with Crippen LogP contribution in [0.25, 0.3) is 0 Å². The van der Waals surface area contributed by atoms with Crippen molar-refractivity contribution in [1.29, 1.82) is 0 Å². The van der Waals surface area contributed by atoms with Gasteiger partial charge in [-0.1, -0.05) is 6.42 Å². The van der Waals surface area contributed by atoms with Crippen molar-refractivity contribution in [2.45, 2.75) is 32.0 Å². The zero-order valence-electron chi connectivity index (χ0n) is 11.0. The van der Waals surface area contributed by atoms with Gasteiger partial charge < -0.3 is 19.2 Å². The Kier molecular flexibility index (Phi) is 5.23. The SMILES string of the molecule is CN(CC(O)COCc1ccco1)CC1CCC1. The molecule has 1 atom stereocenters. The Hall–Kier alpha value is -0.840. The highest BCUT2D eigenvalue weighted by Crippen LogP contribution is 2.26. The predicted octanol–water partition coefficient (Wildman–Crippen LogP) is 1.89. The summed E-state index contributed by atoms with van der Waals surface area (Å²) in [6.07, 6.45) is 5.25. The molecule has 1 heterocycles. The maximum absolute atomic E-state index is 9.85. The second-order valence-corrected chi connectivity index (χ2v) is 5.27. The van der Waals surface area contributed by atoms with Gasteiger partial charge in [0.2, 0.25) is 0 Å². The van der Waals surface area contributed by atoms with Gasteiger partial charge in [0.05, 0.1) is 19.0 Å². The number of likely N-dealkylation sites (N-methyl/N-ethyl adjacent to an activating group) is 1. The highest BCUT2D eigenvalue weighted by molar-refractivity contribution is 4.96. The van der Waals surface area contributed by atoms with E-state index in [1.807, 2.05) is 12.1 Å². The second-order valence-electron chi connectivity index (χ2n) is 5.27. The van der Waals surface area contributed by atoms with Gasteiger partial charge in [0.25, 0.3) is 0 Å². The van der Waals surface area contributed by atoms with Crippen LogP contribution in [0.1, 0.15) is 25.0 Å². The molecule has 0 bridgehead atoms. The van der Waals surface area contributed by atoms with Crippen LogP contribution >= 0.6 is 0 Å². The van der Waals surface area contributed by atoms with Crippen molar-refractivity contribution in [2.75, 3.05) is 26.7 Å². The predicted molar refractivity (Wildman–Crippen MR) is 69.2 cm³/mol. The van der Waals surface area contributed by atoms with Crippen molar-refractivity contribution in [1.82, 2.24) is 4.90 Å². The van der Waals surface area contributed by atoms with Crippen LogP contribution in [0, 0.1) is 5.92 Å². The fourth-order valence-electron chi connectivity index (χ4n) is 2.29. The first-order valence-corrected chi connectivity index (χ1v) is 6.71. The number of hydrogen-bond acceptors (Lipinski definition) is 4. The molecule has 0 aromatic carbocycles. The standard InChI is InChI=1S/C14H23NO3/c1-15(8-12-4-2-5-12)9-13(16)10-17-11-14-6-3-7-18-14/h3,6-7,12-13,16H,2,4-5,8-11H2,1H3. The molecule has 0 saturated heterocycles. The van der Waals surface area contributed by atoms with Crippen LogP contribution in [0.15, 0.2) is 22.8 Å². The Labute approximate surface area is 109 Å². The topological polar surface area (TPSA) is 45.8 Å². The average Bonchev–Trinajstić information content (AvgIpc) is 2.76. The van der Waals surface area contributed by atoms with Gasteiger partial charge in [0, 0.05) is 13.1 Å². The monoisotopic (exact) mass is 253 g/mol. The van der Waals surface area contributed by atoms with Crippen molar-refractivity contribution in [3.05, 3.63) is 24.2 Å². The summed E-state index contributed by atoms with van der Waals surface area (Å²) < 4.78 is 10.6. The largest absolute Gasteiger partial charge is 0.467 e. The van der Waals surface area contributed by atoms with Gasteiger partial charge in [-0.05, 0) is 37.9 Å². The van der Waals surface area contributed by atoms with E-state index in [2.05, 4.69) is 11.9 Å². The Morgan fingerprint density at radius 1 is 1.56 bits per heavy atom. The van der Waals surface area contributed by atoms with E-state index in [9.17, 15) is 5.11 Å². The summed E-state index contributed by atoms with van der Waals surface area (Å²) in [6.45, 7) is 2.55. The van der Waals surface area contributed by atoms with Crippen LogP contribution in [0.3, 0.4) is 0 Å². The Bertz CT molecular complexity index is 322. The van der Waals surface area contributed by atoms with Gasteiger partial charge >= 0.3 is 0 Å². The van der Waals surface area contributed by atoms with Crippen LogP contribution in [-0.2, 0) is 11.3 Å². The Morgan fingerprint density at radius 3 is 3.00 bits per heavy atom. The lowest BCUT2D eigenvalue weighted by Gasteiger charge is -2.31. The molecule has 1 aliphatic rings. The van der Waals surface area contributed by atoms with E-state index >= 15 is 0 Å².